The summed E-state index contributed by atoms with van der Waals surface area (Å²) in [4.78, 5) is 19.9. The van der Waals surface area contributed by atoms with Crippen molar-refractivity contribution < 1.29 is 22.3 Å². The SMILES string of the molecule is O=C(Oc1ccccc1Br)c1nc(S(=O)(=O)Cc2ccc(F)cc2)ncc1Cl. The quantitative estimate of drug-likeness (QED) is 0.305. The fourth-order valence-corrected chi connectivity index (χ4v) is 3.92. The van der Waals surface area contributed by atoms with E-state index in [0.29, 0.717) is 10.0 Å². The molecule has 0 atom stereocenters. The molecule has 1 aromatic heterocycles. The molecule has 3 aromatic rings. The minimum atomic E-state index is -4.00. The summed E-state index contributed by atoms with van der Waals surface area (Å²) in [5.41, 5.74) is -0.0395. The van der Waals surface area contributed by atoms with Gasteiger partial charge in [0.1, 0.15) is 11.6 Å². The summed E-state index contributed by atoms with van der Waals surface area (Å²) in [6.45, 7) is 0. The third kappa shape index (κ3) is 4.73. The Labute approximate surface area is 173 Å². The van der Waals surface area contributed by atoms with Gasteiger partial charge < -0.3 is 4.74 Å². The molecule has 0 N–H and O–H groups in total. The minimum Gasteiger partial charge on any atom is -0.421 e. The summed E-state index contributed by atoms with van der Waals surface area (Å²) in [7, 11) is -4.00. The highest BCUT2D eigenvalue weighted by atomic mass is 79.9. The van der Waals surface area contributed by atoms with Gasteiger partial charge in [-0.15, -0.1) is 0 Å². The number of aromatic nitrogens is 2. The Morgan fingerprint density at radius 2 is 1.82 bits per heavy atom. The molecule has 0 saturated carbocycles. The van der Waals surface area contributed by atoms with Gasteiger partial charge in [0.2, 0.25) is 15.0 Å². The van der Waals surface area contributed by atoms with Gasteiger partial charge in [-0.1, -0.05) is 35.9 Å². The first-order valence-corrected chi connectivity index (χ1v) is 10.5. The third-order valence-electron chi connectivity index (χ3n) is 3.50. The average Bonchev–Trinajstić information content (AvgIpc) is 2.65. The molecule has 1 heterocycles. The summed E-state index contributed by atoms with van der Waals surface area (Å²) in [5.74, 6) is -1.66. The van der Waals surface area contributed by atoms with Crippen LogP contribution < -0.4 is 4.74 Å². The molecule has 10 heteroatoms. The van der Waals surface area contributed by atoms with Gasteiger partial charge in [0.05, 0.1) is 21.4 Å². The van der Waals surface area contributed by atoms with Crippen molar-refractivity contribution in [3.63, 3.8) is 0 Å². The topological polar surface area (TPSA) is 86.2 Å². The zero-order valence-electron chi connectivity index (χ0n) is 14.0. The van der Waals surface area contributed by atoms with E-state index in [1.165, 1.54) is 12.1 Å². The van der Waals surface area contributed by atoms with Crippen LogP contribution in [0.15, 0.2) is 64.4 Å². The van der Waals surface area contributed by atoms with E-state index in [1.54, 1.807) is 24.3 Å². The van der Waals surface area contributed by atoms with Gasteiger partial charge in [-0.2, -0.15) is 0 Å². The zero-order chi connectivity index (χ0) is 20.3. The number of ether oxygens (including phenoxy) is 1. The lowest BCUT2D eigenvalue weighted by atomic mass is 10.2. The Kier molecular flexibility index (Phi) is 6.07. The largest absolute Gasteiger partial charge is 0.421 e. The first kappa shape index (κ1) is 20.4. The molecule has 6 nitrogen and oxygen atoms in total. The van der Waals surface area contributed by atoms with Crippen molar-refractivity contribution in [2.24, 2.45) is 0 Å². The zero-order valence-corrected chi connectivity index (χ0v) is 17.1. The number of halogens is 3. The lowest BCUT2D eigenvalue weighted by molar-refractivity contribution is 0.0726. The predicted molar refractivity (Wildman–Crippen MR) is 103 cm³/mol. The summed E-state index contributed by atoms with van der Waals surface area (Å²) in [6.07, 6.45) is 1.02. The molecule has 0 aliphatic rings. The van der Waals surface area contributed by atoms with Gasteiger partial charge in [-0.25, -0.2) is 27.6 Å². The summed E-state index contributed by atoms with van der Waals surface area (Å²) in [5, 5.41) is -0.738. The molecule has 0 unspecified atom stereocenters. The number of nitrogens with zero attached hydrogens (tertiary/aromatic N) is 2. The highest BCUT2D eigenvalue weighted by Crippen LogP contribution is 2.26. The van der Waals surface area contributed by atoms with Crippen LogP contribution in [-0.4, -0.2) is 24.4 Å². The minimum absolute atomic E-state index is 0.155. The van der Waals surface area contributed by atoms with E-state index < -0.39 is 32.5 Å². The smallest absolute Gasteiger partial charge is 0.364 e. The number of para-hydroxylation sites is 1. The third-order valence-corrected chi connectivity index (χ3v) is 5.90. The van der Waals surface area contributed by atoms with Crippen molar-refractivity contribution in [2.75, 3.05) is 0 Å². The summed E-state index contributed by atoms with van der Waals surface area (Å²) < 4.78 is 43.9. The van der Waals surface area contributed by atoms with E-state index >= 15 is 0 Å². The van der Waals surface area contributed by atoms with Crippen LogP contribution in [0.5, 0.6) is 5.75 Å². The molecule has 0 fully saturated rings. The van der Waals surface area contributed by atoms with E-state index in [0.717, 1.165) is 18.3 Å². The summed E-state index contributed by atoms with van der Waals surface area (Å²) in [6, 6.07) is 11.6. The van der Waals surface area contributed by atoms with Crippen LogP contribution in [0.2, 0.25) is 5.02 Å². The number of benzene rings is 2. The molecule has 0 spiro atoms. The second-order valence-electron chi connectivity index (χ2n) is 5.55. The van der Waals surface area contributed by atoms with Crippen molar-refractivity contribution in [3.8, 4) is 5.75 Å². The van der Waals surface area contributed by atoms with Crippen molar-refractivity contribution in [2.45, 2.75) is 10.9 Å². The van der Waals surface area contributed by atoms with E-state index in [1.807, 2.05) is 0 Å². The van der Waals surface area contributed by atoms with Gasteiger partial charge in [-0.05, 0) is 45.8 Å². The number of carbonyl (C=O) groups is 1. The molecule has 0 bridgehead atoms. The molecular formula is C18H11BrClFN2O4S. The molecule has 0 amide bonds. The van der Waals surface area contributed by atoms with Crippen molar-refractivity contribution >= 4 is 43.3 Å². The standard InChI is InChI=1S/C18H11BrClFN2O4S/c19-13-3-1-2-4-15(13)27-17(24)16-14(20)9-22-18(23-16)28(25,26)10-11-5-7-12(21)8-6-11/h1-9H,10H2. The number of hydrogen-bond acceptors (Lipinski definition) is 6. The Hall–Kier alpha value is -2.36. The second-order valence-corrected chi connectivity index (χ2v) is 8.70. The van der Waals surface area contributed by atoms with E-state index in [-0.39, 0.29) is 16.5 Å². The van der Waals surface area contributed by atoms with Crippen LogP contribution in [0.25, 0.3) is 0 Å². The van der Waals surface area contributed by atoms with Crippen LogP contribution >= 0.6 is 27.5 Å². The fraction of sp³-hybridized carbons (Fsp3) is 0.0556. The maximum Gasteiger partial charge on any atom is 0.364 e. The Bertz CT molecular complexity index is 1140. The van der Waals surface area contributed by atoms with E-state index in [9.17, 15) is 17.6 Å². The maximum absolute atomic E-state index is 13.0. The fourth-order valence-electron chi connectivity index (χ4n) is 2.18. The van der Waals surface area contributed by atoms with Gasteiger partial charge in [-0.3, -0.25) is 0 Å². The van der Waals surface area contributed by atoms with Crippen molar-refractivity contribution in [1.82, 2.24) is 9.97 Å². The molecule has 0 aliphatic heterocycles. The molecule has 0 radical (unpaired) electrons. The molecule has 0 saturated heterocycles. The van der Waals surface area contributed by atoms with Crippen molar-refractivity contribution in [3.05, 3.63) is 81.3 Å². The lowest BCUT2D eigenvalue weighted by Crippen LogP contribution is -2.16. The van der Waals surface area contributed by atoms with Gasteiger partial charge >= 0.3 is 5.97 Å². The number of sulfone groups is 1. The molecule has 144 valence electrons. The molecular weight excluding hydrogens is 475 g/mol. The predicted octanol–water partition coefficient (Wildman–Crippen LogP) is 4.22. The van der Waals surface area contributed by atoms with Crippen LogP contribution in [0, 0.1) is 5.82 Å². The Morgan fingerprint density at radius 1 is 1.14 bits per heavy atom. The highest BCUT2D eigenvalue weighted by molar-refractivity contribution is 9.10. The monoisotopic (exact) mass is 484 g/mol. The number of rotatable bonds is 5. The maximum atomic E-state index is 13.0. The molecule has 3 rings (SSSR count). The Morgan fingerprint density at radius 3 is 2.50 bits per heavy atom. The lowest BCUT2D eigenvalue weighted by Gasteiger charge is -2.08. The first-order chi connectivity index (χ1) is 13.3. The average molecular weight is 486 g/mol. The van der Waals surface area contributed by atoms with Crippen LogP contribution in [0.3, 0.4) is 0 Å². The Balaban J connectivity index is 1.89. The van der Waals surface area contributed by atoms with Gasteiger partial charge in [0.15, 0.2) is 5.69 Å². The number of carbonyl (C=O) groups excluding carboxylic acids is 1. The van der Waals surface area contributed by atoms with E-state index in [2.05, 4.69) is 25.9 Å². The highest BCUT2D eigenvalue weighted by Gasteiger charge is 2.24. The van der Waals surface area contributed by atoms with Crippen LogP contribution in [-0.2, 0) is 15.6 Å². The molecule has 0 aliphatic carbocycles. The van der Waals surface area contributed by atoms with E-state index in [4.69, 9.17) is 16.3 Å². The normalized spacial score (nSPS) is 11.2. The van der Waals surface area contributed by atoms with Gasteiger partial charge in [0.25, 0.3) is 0 Å². The van der Waals surface area contributed by atoms with Crippen LogP contribution in [0.1, 0.15) is 16.1 Å². The van der Waals surface area contributed by atoms with Crippen LogP contribution in [0.4, 0.5) is 4.39 Å². The number of esters is 1. The number of hydrogen-bond donors (Lipinski definition) is 0. The van der Waals surface area contributed by atoms with Crippen molar-refractivity contribution in [1.29, 1.82) is 0 Å². The second kappa shape index (κ2) is 8.34. The molecule has 2 aromatic carbocycles. The first-order valence-electron chi connectivity index (χ1n) is 7.73. The van der Waals surface area contributed by atoms with Gasteiger partial charge in [0, 0.05) is 0 Å². The molecule has 28 heavy (non-hydrogen) atoms. The summed E-state index contributed by atoms with van der Waals surface area (Å²) >= 11 is 9.19.